The van der Waals surface area contributed by atoms with E-state index in [0.29, 0.717) is 6.42 Å². The molecule has 2 aromatic heterocycles. The smallest absolute Gasteiger partial charge is 0.226 e. The predicted molar refractivity (Wildman–Crippen MR) is 76.3 cm³/mol. The third-order valence-electron chi connectivity index (χ3n) is 3.32. The summed E-state index contributed by atoms with van der Waals surface area (Å²) in [7, 11) is 0. The number of unbranched alkanes of at least 4 members (excludes halogenated alkanes) is 1. The van der Waals surface area contributed by atoms with E-state index in [1.54, 1.807) is 0 Å². The first kappa shape index (κ1) is 13.6. The average molecular weight is 259 g/mol. The van der Waals surface area contributed by atoms with E-state index in [0.717, 1.165) is 42.0 Å². The Bertz CT molecular complexity index is 586. The van der Waals surface area contributed by atoms with E-state index >= 15 is 0 Å². The minimum absolute atomic E-state index is 0.0693. The van der Waals surface area contributed by atoms with Crippen LogP contribution in [0, 0.1) is 13.8 Å². The summed E-state index contributed by atoms with van der Waals surface area (Å²) in [6.07, 6.45) is 4.47. The van der Waals surface area contributed by atoms with Crippen LogP contribution in [0.2, 0.25) is 0 Å². The summed E-state index contributed by atoms with van der Waals surface area (Å²) in [6.45, 7) is 6.86. The van der Waals surface area contributed by atoms with Gasteiger partial charge in [-0.3, -0.25) is 4.79 Å². The van der Waals surface area contributed by atoms with Crippen molar-refractivity contribution in [3.05, 3.63) is 35.3 Å². The molecular weight excluding hydrogens is 238 g/mol. The van der Waals surface area contributed by atoms with Crippen molar-refractivity contribution in [2.24, 2.45) is 0 Å². The lowest BCUT2D eigenvalue weighted by Gasteiger charge is -2.05. The zero-order valence-electron chi connectivity index (χ0n) is 11.9. The minimum atomic E-state index is 0.0693. The van der Waals surface area contributed by atoms with Gasteiger partial charge in [0.25, 0.3) is 0 Å². The van der Waals surface area contributed by atoms with Crippen molar-refractivity contribution in [2.75, 3.05) is 6.54 Å². The van der Waals surface area contributed by atoms with Gasteiger partial charge in [0.1, 0.15) is 5.65 Å². The van der Waals surface area contributed by atoms with Gasteiger partial charge in [-0.25, -0.2) is 4.98 Å². The van der Waals surface area contributed by atoms with E-state index in [1.165, 1.54) is 0 Å². The number of hydrogen-bond donors (Lipinski definition) is 1. The fraction of sp³-hybridized carbons (Fsp3) is 0.467. The molecule has 0 saturated heterocycles. The molecule has 0 atom stereocenters. The number of carbonyl (C=O) groups is 1. The first-order valence-electron chi connectivity index (χ1n) is 6.83. The van der Waals surface area contributed by atoms with Gasteiger partial charge in [0, 0.05) is 12.7 Å². The second kappa shape index (κ2) is 5.87. The topological polar surface area (TPSA) is 46.4 Å². The minimum Gasteiger partial charge on any atom is -0.356 e. The molecule has 0 unspecified atom stereocenters. The van der Waals surface area contributed by atoms with Crippen LogP contribution in [0.1, 0.15) is 36.7 Å². The largest absolute Gasteiger partial charge is 0.356 e. The molecule has 0 fully saturated rings. The highest BCUT2D eigenvalue weighted by molar-refractivity contribution is 5.78. The molecule has 1 N–H and O–H groups in total. The zero-order chi connectivity index (χ0) is 13.8. The second-order valence-corrected chi connectivity index (χ2v) is 4.91. The zero-order valence-corrected chi connectivity index (χ0v) is 11.9. The Morgan fingerprint density at radius 2 is 2.21 bits per heavy atom. The van der Waals surface area contributed by atoms with Crippen LogP contribution < -0.4 is 5.32 Å². The van der Waals surface area contributed by atoms with Crippen molar-refractivity contribution in [1.29, 1.82) is 0 Å². The summed E-state index contributed by atoms with van der Waals surface area (Å²) in [6, 6.07) is 4.02. The molecule has 4 nitrogen and oxygen atoms in total. The SMILES string of the molecule is CCCCNC(=O)Cc1c(C)nc2c(C)cccn12. The van der Waals surface area contributed by atoms with Crippen molar-refractivity contribution in [2.45, 2.75) is 40.0 Å². The van der Waals surface area contributed by atoms with E-state index < -0.39 is 0 Å². The summed E-state index contributed by atoms with van der Waals surface area (Å²) in [5, 5.41) is 2.95. The maximum atomic E-state index is 11.9. The number of imidazole rings is 1. The van der Waals surface area contributed by atoms with Crippen LogP contribution in [-0.2, 0) is 11.2 Å². The quantitative estimate of drug-likeness (QED) is 0.838. The average Bonchev–Trinajstić information content (AvgIpc) is 2.69. The molecular formula is C15H21N3O. The molecule has 2 rings (SSSR count). The second-order valence-electron chi connectivity index (χ2n) is 4.91. The van der Waals surface area contributed by atoms with Crippen molar-refractivity contribution >= 4 is 11.6 Å². The molecule has 19 heavy (non-hydrogen) atoms. The Kier molecular flexibility index (Phi) is 4.20. The predicted octanol–water partition coefficient (Wildman–Crippen LogP) is 2.41. The molecule has 1 amide bonds. The maximum Gasteiger partial charge on any atom is 0.226 e. The lowest BCUT2D eigenvalue weighted by molar-refractivity contribution is -0.120. The molecule has 102 valence electrons. The molecule has 2 aromatic rings. The fourth-order valence-corrected chi connectivity index (χ4v) is 2.20. The lowest BCUT2D eigenvalue weighted by Crippen LogP contribution is -2.26. The van der Waals surface area contributed by atoms with E-state index in [1.807, 2.05) is 36.6 Å². The monoisotopic (exact) mass is 259 g/mol. The Labute approximate surface area is 113 Å². The van der Waals surface area contributed by atoms with E-state index in [-0.39, 0.29) is 5.91 Å². The lowest BCUT2D eigenvalue weighted by atomic mass is 10.2. The molecule has 0 aromatic carbocycles. The van der Waals surface area contributed by atoms with Crippen molar-refractivity contribution < 1.29 is 4.79 Å². The first-order chi connectivity index (χ1) is 9.13. The van der Waals surface area contributed by atoms with Crippen LogP contribution in [0.4, 0.5) is 0 Å². The molecule has 4 heteroatoms. The summed E-state index contributed by atoms with van der Waals surface area (Å²) < 4.78 is 2.02. The van der Waals surface area contributed by atoms with Gasteiger partial charge in [-0.2, -0.15) is 0 Å². The number of aromatic nitrogens is 2. The number of amides is 1. The Balaban J connectivity index is 2.18. The highest BCUT2D eigenvalue weighted by Crippen LogP contribution is 2.15. The summed E-state index contributed by atoms with van der Waals surface area (Å²) in [4.78, 5) is 16.5. The molecule has 0 saturated carbocycles. The highest BCUT2D eigenvalue weighted by Gasteiger charge is 2.13. The molecule has 0 radical (unpaired) electrons. The van der Waals surface area contributed by atoms with Crippen molar-refractivity contribution in [3.63, 3.8) is 0 Å². The summed E-state index contributed by atoms with van der Waals surface area (Å²) in [5.41, 5.74) is 3.98. The number of rotatable bonds is 5. The van der Waals surface area contributed by atoms with Gasteiger partial charge in [0.15, 0.2) is 0 Å². The standard InChI is InChI=1S/C15H21N3O/c1-4-5-8-16-14(19)10-13-12(3)17-15-11(2)7-6-9-18(13)15/h6-7,9H,4-5,8,10H2,1-3H3,(H,16,19). The van der Waals surface area contributed by atoms with Gasteiger partial charge in [0.05, 0.1) is 17.8 Å². The van der Waals surface area contributed by atoms with Crippen LogP contribution in [-0.4, -0.2) is 21.8 Å². The van der Waals surface area contributed by atoms with Gasteiger partial charge in [-0.1, -0.05) is 19.4 Å². The van der Waals surface area contributed by atoms with Crippen molar-refractivity contribution in [3.8, 4) is 0 Å². The van der Waals surface area contributed by atoms with Gasteiger partial charge < -0.3 is 9.72 Å². The molecule has 0 aliphatic carbocycles. The van der Waals surface area contributed by atoms with Crippen LogP contribution in [0.3, 0.4) is 0 Å². The number of pyridine rings is 1. The summed E-state index contributed by atoms with van der Waals surface area (Å²) >= 11 is 0. The number of aryl methyl sites for hydroxylation is 2. The number of nitrogens with one attached hydrogen (secondary N) is 1. The molecule has 0 bridgehead atoms. The first-order valence-corrected chi connectivity index (χ1v) is 6.83. The molecule has 2 heterocycles. The summed E-state index contributed by atoms with van der Waals surface area (Å²) in [5.74, 6) is 0.0693. The van der Waals surface area contributed by atoms with Gasteiger partial charge in [0.2, 0.25) is 5.91 Å². The number of nitrogens with zero attached hydrogens (tertiary/aromatic N) is 2. The van der Waals surface area contributed by atoms with Crippen molar-refractivity contribution in [1.82, 2.24) is 14.7 Å². The number of fused-ring (bicyclic) bond motifs is 1. The Hall–Kier alpha value is -1.84. The Morgan fingerprint density at radius 1 is 1.42 bits per heavy atom. The number of carbonyl (C=O) groups excluding carboxylic acids is 1. The Morgan fingerprint density at radius 3 is 2.95 bits per heavy atom. The number of hydrogen-bond acceptors (Lipinski definition) is 2. The van der Waals surface area contributed by atoms with Crippen LogP contribution in [0.25, 0.3) is 5.65 Å². The van der Waals surface area contributed by atoms with Crippen LogP contribution >= 0.6 is 0 Å². The van der Waals surface area contributed by atoms with Gasteiger partial charge >= 0.3 is 0 Å². The highest BCUT2D eigenvalue weighted by atomic mass is 16.1. The van der Waals surface area contributed by atoms with E-state index in [9.17, 15) is 4.79 Å². The van der Waals surface area contributed by atoms with Crippen LogP contribution in [0.5, 0.6) is 0 Å². The van der Waals surface area contributed by atoms with E-state index in [2.05, 4.69) is 17.2 Å². The molecule has 0 aliphatic heterocycles. The molecule has 0 spiro atoms. The third-order valence-corrected chi connectivity index (χ3v) is 3.32. The normalized spacial score (nSPS) is 10.9. The van der Waals surface area contributed by atoms with E-state index in [4.69, 9.17) is 0 Å². The van der Waals surface area contributed by atoms with Gasteiger partial charge in [-0.15, -0.1) is 0 Å². The van der Waals surface area contributed by atoms with Crippen LogP contribution in [0.15, 0.2) is 18.3 Å². The fourth-order valence-electron chi connectivity index (χ4n) is 2.20. The van der Waals surface area contributed by atoms with Gasteiger partial charge in [-0.05, 0) is 31.9 Å². The third kappa shape index (κ3) is 2.95. The molecule has 0 aliphatic rings. The maximum absolute atomic E-state index is 11.9.